The normalized spacial score (nSPS) is 20.8. The fraction of sp³-hybridized carbons (Fsp3) is 0.375. The van der Waals surface area contributed by atoms with Crippen molar-refractivity contribution in [2.24, 2.45) is 0 Å². The highest BCUT2D eigenvalue weighted by atomic mass is 19.1. The minimum atomic E-state index is -0.122. The smallest absolute Gasteiger partial charge is 0.131 e. The molecule has 1 N–H and O–H groups in total. The van der Waals surface area contributed by atoms with E-state index in [9.17, 15) is 4.39 Å². The van der Waals surface area contributed by atoms with E-state index in [2.05, 4.69) is 5.32 Å². The van der Waals surface area contributed by atoms with Crippen molar-refractivity contribution in [2.45, 2.75) is 31.7 Å². The molecule has 2 aromatic carbocycles. The minimum absolute atomic E-state index is 0.122. The minimum Gasteiger partial charge on any atom is -0.310 e. The molecule has 3 rings (SSSR count). The second-order valence-corrected chi connectivity index (χ2v) is 5.04. The summed E-state index contributed by atoms with van der Waals surface area (Å²) >= 11 is 0. The summed E-state index contributed by atoms with van der Waals surface area (Å²) in [6.45, 7) is 1.07. The number of nitrogens with one attached hydrogen (secondary N) is 1. The zero-order valence-corrected chi connectivity index (χ0v) is 10.5. The summed E-state index contributed by atoms with van der Waals surface area (Å²) in [6.07, 6.45) is 4.94. The van der Waals surface area contributed by atoms with Crippen LogP contribution < -0.4 is 5.32 Å². The molecular weight excluding hydrogens is 225 g/mol. The Hall–Kier alpha value is -1.41. The molecule has 0 radical (unpaired) electrons. The summed E-state index contributed by atoms with van der Waals surface area (Å²) < 4.78 is 13.8. The van der Waals surface area contributed by atoms with Crippen molar-refractivity contribution in [2.75, 3.05) is 6.54 Å². The van der Waals surface area contributed by atoms with E-state index < -0.39 is 0 Å². The Balaban J connectivity index is 2.08. The van der Waals surface area contributed by atoms with Gasteiger partial charge in [-0.1, -0.05) is 43.2 Å². The molecule has 1 fully saturated rings. The van der Waals surface area contributed by atoms with E-state index in [1.165, 1.54) is 24.8 Å². The van der Waals surface area contributed by atoms with Crippen LogP contribution in [0.25, 0.3) is 10.8 Å². The van der Waals surface area contributed by atoms with Crippen LogP contribution in [-0.4, -0.2) is 6.54 Å². The van der Waals surface area contributed by atoms with Crippen LogP contribution in [0.2, 0.25) is 0 Å². The second kappa shape index (κ2) is 5.07. The van der Waals surface area contributed by atoms with Gasteiger partial charge in [-0.2, -0.15) is 0 Å². The number of hydrogen-bond donors (Lipinski definition) is 1. The van der Waals surface area contributed by atoms with Gasteiger partial charge in [0.1, 0.15) is 5.82 Å². The maximum Gasteiger partial charge on any atom is 0.131 e. The van der Waals surface area contributed by atoms with E-state index in [1.807, 2.05) is 30.3 Å². The van der Waals surface area contributed by atoms with Crippen LogP contribution in [0.1, 0.15) is 37.3 Å². The topological polar surface area (TPSA) is 12.0 Å². The second-order valence-electron chi connectivity index (χ2n) is 5.04. The Morgan fingerprint density at radius 1 is 0.944 bits per heavy atom. The van der Waals surface area contributed by atoms with Gasteiger partial charge in [-0.25, -0.2) is 4.39 Å². The van der Waals surface area contributed by atoms with Crippen LogP contribution in [0, 0.1) is 5.82 Å². The molecule has 1 saturated heterocycles. The fourth-order valence-corrected chi connectivity index (χ4v) is 2.88. The van der Waals surface area contributed by atoms with Crippen LogP contribution in [0.5, 0.6) is 0 Å². The molecule has 1 atom stereocenters. The monoisotopic (exact) mass is 243 g/mol. The number of fused-ring (bicyclic) bond motifs is 1. The molecular formula is C16H18FN. The average Bonchev–Trinajstić information content (AvgIpc) is 2.68. The maximum atomic E-state index is 13.8. The molecule has 0 saturated carbocycles. The predicted molar refractivity (Wildman–Crippen MR) is 73.1 cm³/mol. The first-order valence-electron chi connectivity index (χ1n) is 6.77. The van der Waals surface area contributed by atoms with Crippen LogP contribution in [0.4, 0.5) is 4.39 Å². The largest absolute Gasteiger partial charge is 0.310 e. The summed E-state index contributed by atoms with van der Waals surface area (Å²) in [4.78, 5) is 0. The van der Waals surface area contributed by atoms with Crippen molar-refractivity contribution in [3.05, 3.63) is 47.8 Å². The zero-order valence-electron chi connectivity index (χ0n) is 10.5. The fourth-order valence-electron chi connectivity index (χ4n) is 2.88. The third-order valence-electron chi connectivity index (χ3n) is 3.84. The highest BCUT2D eigenvalue weighted by molar-refractivity contribution is 5.86. The van der Waals surface area contributed by atoms with Crippen molar-refractivity contribution >= 4 is 10.8 Å². The number of benzene rings is 2. The van der Waals surface area contributed by atoms with Crippen molar-refractivity contribution < 1.29 is 4.39 Å². The van der Waals surface area contributed by atoms with Gasteiger partial charge in [0.2, 0.25) is 0 Å². The number of halogens is 1. The summed E-state index contributed by atoms with van der Waals surface area (Å²) in [5.74, 6) is -0.122. The van der Waals surface area contributed by atoms with Gasteiger partial charge in [-0.3, -0.25) is 0 Å². The predicted octanol–water partition coefficient (Wildman–Crippen LogP) is 4.18. The Bertz CT molecular complexity index is 542. The molecule has 1 aliphatic heterocycles. The molecule has 1 unspecified atom stereocenters. The lowest BCUT2D eigenvalue weighted by molar-refractivity contribution is 0.537. The summed E-state index contributed by atoms with van der Waals surface area (Å²) in [7, 11) is 0. The van der Waals surface area contributed by atoms with Gasteiger partial charge in [0.25, 0.3) is 0 Å². The molecule has 94 valence electrons. The van der Waals surface area contributed by atoms with E-state index in [4.69, 9.17) is 0 Å². The Kier molecular flexibility index (Phi) is 3.28. The van der Waals surface area contributed by atoms with Crippen LogP contribution >= 0.6 is 0 Å². The molecule has 2 aromatic rings. The Labute approximate surface area is 107 Å². The standard InChI is InChI=1S/C16H18FN/c17-15-10-9-14(12-6-3-4-7-13(12)15)16-8-2-1-5-11-18-16/h3-4,6-7,9-10,16,18H,1-2,5,8,11H2. The Morgan fingerprint density at radius 2 is 1.78 bits per heavy atom. The highest BCUT2D eigenvalue weighted by Crippen LogP contribution is 2.30. The molecule has 0 aliphatic carbocycles. The van der Waals surface area contributed by atoms with Crippen LogP contribution in [0.3, 0.4) is 0 Å². The molecule has 2 heteroatoms. The molecule has 1 aliphatic rings. The van der Waals surface area contributed by atoms with Crippen molar-refractivity contribution in [1.82, 2.24) is 5.32 Å². The molecule has 0 spiro atoms. The van der Waals surface area contributed by atoms with Crippen molar-refractivity contribution in [3.8, 4) is 0 Å². The first-order chi connectivity index (χ1) is 8.86. The quantitative estimate of drug-likeness (QED) is 0.792. The van der Waals surface area contributed by atoms with Gasteiger partial charge in [0.15, 0.2) is 0 Å². The van der Waals surface area contributed by atoms with Gasteiger partial charge in [-0.05, 0) is 36.4 Å². The lowest BCUT2D eigenvalue weighted by Gasteiger charge is -2.18. The molecule has 1 nitrogen and oxygen atoms in total. The molecule has 0 amide bonds. The molecule has 0 bridgehead atoms. The highest BCUT2D eigenvalue weighted by Gasteiger charge is 2.16. The van der Waals surface area contributed by atoms with Gasteiger partial charge in [0, 0.05) is 11.4 Å². The summed E-state index contributed by atoms with van der Waals surface area (Å²) in [5.41, 5.74) is 1.24. The molecule has 18 heavy (non-hydrogen) atoms. The SMILES string of the molecule is Fc1ccc(C2CCCCCN2)c2ccccc12. The van der Waals surface area contributed by atoms with Gasteiger partial charge < -0.3 is 5.32 Å². The summed E-state index contributed by atoms with van der Waals surface area (Å²) in [5, 5.41) is 5.38. The molecule has 1 heterocycles. The van der Waals surface area contributed by atoms with E-state index in [0.717, 1.165) is 23.7 Å². The Morgan fingerprint density at radius 3 is 2.67 bits per heavy atom. The van der Waals surface area contributed by atoms with E-state index in [1.54, 1.807) is 6.07 Å². The van der Waals surface area contributed by atoms with E-state index >= 15 is 0 Å². The zero-order chi connectivity index (χ0) is 12.4. The third-order valence-corrected chi connectivity index (χ3v) is 3.84. The first kappa shape index (κ1) is 11.7. The lowest BCUT2D eigenvalue weighted by atomic mass is 9.95. The summed E-state index contributed by atoms with van der Waals surface area (Å²) in [6, 6.07) is 11.7. The average molecular weight is 243 g/mol. The maximum absolute atomic E-state index is 13.8. The van der Waals surface area contributed by atoms with Gasteiger partial charge >= 0.3 is 0 Å². The van der Waals surface area contributed by atoms with Crippen molar-refractivity contribution in [1.29, 1.82) is 0 Å². The van der Waals surface area contributed by atoms with E-state index in [-0.39, 0.29) is 5.82 Å². The molecule has 0 aromatic heterocycles. The van der Waals surface area contributed by atoms with E-state index in [0.29, 0.717) is 6.04 Å². The third kappa shape index (κ3) is 2.13. The number of hydrogen-bond acceptors (Lipinski definition) is 1. The first-order valence-corrected chi connectivity index (χ1v) is 6.77. The van der Waals surface area contributed by atoms with Gasteiger partial charge in [-0.15, -0.1) is 0 Å². The number of rotatable bonds is 1. The van der Waals surface area contributed by atoms with Crippen molar-refractivity contribution in [3.63, 3.8) is 0 Å². The van der Waals surface area contributed by atoms with Crippen LogP contribution in [-0.2, 0) is 0 Å². The van der Waals surface area contributed by atoms with Crippen LogP contribution in [0.15, 0.2) is 36.4 Å². The lowest BCUT2D eigenvalue weighted by Crippen LogP contribution is -2.20. The van der Waals surface area contributed by atoms with Gasteiger partial charge in [0.05, 0.1) is 0 Å².